The smallest absolute Gasteiger partial charge is 0.0935 e. The van der Waals surface area contributed by atoms with Crippen LogP contribution in [0.1, 0.15) is 24.0 Å². The average Bonchev–Trinajstić information content (AvgIpc) is 2.52. The van der Waals surface area contributed by atoms with E-state index in [9.17, 15) is 5.11 Å². The number of hydrogen-bond donors (Lipinski definition) is 1. The second kappa shape index (κ2) is 5.73. The maximum Gasteiger partial charge on any atom is 0.0935 e. The van der Waals surface area contributed by atoms with Gasteiger partial charge in [0.05, 0.1) is 5.60 Å². The Morgan fingerprint density at radius 3 is 2.45 bits per heavy atom. The largest absolute Gasteiger partial charge is 0.385 e. The van der Waals surface area contributed by atoms with Crippen LogP contribution in [0.15, 0.2) is 54.9 Å². The molecular weight excluding hydrogens is 248 g/mol. The Kier molecular flexibility index (Phi) is 3.81. The minimum absolute atomic E-state index is 0.707. The van der Waals surface area contributed by atoms with Crippen LogP contribution in [-0.4, -0.2) is 28.1 Å². The van der Waals surface area contributed by atoms with Gasteiger partial charge in [0.2, 0.25) is 0 Å². The summed E-state index contributed by atoms with van der Waals surface area (Å²) in [6.07, 6.45) is 5.07. The average molecular weight is 268 g/mol. The van der Waals surface area contributed by atoms with Gasteiger partial charge in [0, 0.05) is 37.6 Å². The molecule has 3 nitrogen and oxygen atoms in total. The summed E-state index contributed by atoms with van der Waals surface area (Å²) in [4.78, 5) is 6.52. The normalized spacial score (nSPS) is 18.9. The predicted molar refractivity (Wildman–Crippen MR) is 79.1 cm³/mol. The molecule has 0 bridgehead atoms. The van der Waals surface area contributed by atoms with E-state index >= 15 is 0 Å². The van der Waals surface area contributed by atoms with Gasteiger partial charge in [0.1, 0.15) is 0 Å². The molecule has 0 unspecified atom stereocenters. The Labute approximate surface area is 119 Å². The molecule has 0 radical (unpaired) electrons. The third kappa shape index (κ3) is 2.89. The third-order valence-corrected chi connectivity index (χ3v) is 4.13. The van der Waals surface area contributed by atoms with Gasteiger partial charge in [0.25, 0.3) is 0 Å². The molecule has 1 fully saturated rings. The number of rotatable bonds is 3. The van der Waals surface area contributed by atoms with Gasteiger partial charge >= 0.3 is 0 Å². The topological polar surface area (TPSA) is 36.4 Å². The molecule has 1 N–H and O–H groups in total. The highest BCUT2D eigenvalue weighted by Crippen LogP contribution is 2.32. The number of benzene rings is 1. The van der Waals surface area contributed by atoms with Gasteiger partial charge in [-0.1, -0.05) is 36.4 Å². The minimum Gasteiger partial charge on any atom is -0.385 e. The SMILES string of the molecule is OC1(c2cccnc2)CCN(Cc2ccccc2)CC1. The number of aromatic nitrogens is 1. The summed E-state index contributed by atoms with van der Waals surface area (Å²) in [5, 5.41) is 10.8. The fourth-order valence-corrected chi connectivity index (χ4v) is 2.85. The third-order valence-electron chi connectivity index (χ3n) is 4.13. The summed E-state index contributed by atoms with van der Waals surface area (Å²) < 4.78 is 0. The molecular formula is C17H20N2O. The van der Waals surface area contributed by atoms with Crippen molar-refractivity contribution in [2.24, 2.45) is 0 Å². The van der Waals surface area contributed by atoms with E-state index in [1.54, 1.807) is 12.4 Å². The molecule has 3 rings (SSSR count). The Morgan fingerprint density at radius 1 is 1.05 bits per heavy atom. The van der Waals surface area contributed by atoms with Crippen molar-refractivity contribution in [1.82, 2.24) is 9.88 Å². The lowest BCUT2D eigenvalue weighted by Gasteiger charge is -2.38. The van der Waals surface area contributed by atoms with Crippen molar-refractivity contribution in [3.63, 3.8) is 0 Å². The summed E-state index contributed by atoms with van der Waals surface area (Å²) in [6.45, 7) is 2.80. The molecule has 1 aliphatic heterocycles. The number of nitrogens with zero attached hydrogens (tertiary/aromatic N) is 2. The molecule has 1 aromatic carbocycles. The van der Waals surface area contributed by atoms with Crippen LogP contribution in [0.25, 0.3) is 0 Å². The quantitative estimate of drug-likeness (QED) is 0.929. The summed E-state index contributed by atoms with van der Waals surface area (Å²) >= 11 is 0. The zero-order valence-electron chi connectivity index (χ0n) is 11.6. The highest BCUT2D eigenvalue weighted by molar-refractivity contribution is 5.19. The standard InChI is InChI=1S/C17H20N2O/c20-17(16-7-4-10-18-13-16)8-11-19(12-9-17)14-15-5-2-1-3-6-15/h1-7,10,13,20H,8-9,11-12,14H2. The van der Waals surface area contributed by atoms with E-state index in [1.807, 2.05) is 18.2 Å². The van der Waals surface area contributed by atoms with Gasteiger partial charge in [-0.15, -0.1) is 0 Å². The van der Waals surface area contributed by atoms with Gasteiger partial charge in [0.15, 0.2) is 0 Å². The molecule has 104 valence electrons. The van der Waals surface area contributed by atoms with E-state index in [0.717, 1.165) is 38.0 Å². The summed E-state index contributed by atoms with van der Waals surface area (Å²) in [5.41, 5.74) is 1.57. The molecule has 0 atom stereocenters. The molecule has 1 aliphatic rings. The fraction of sp³-hybridized carbons (Fsp3) is 0.353. The molecule has 0 saturated carbocycles. The van der Waals surface area contributed by atoms with Crippen molar-refractivity contribution in [1.29, 1.82) is 0 Å². The van der Waals surface area contributed by atoms with E-state index in [-0.39, 0.29) is 0 Å². The highest BCUT2D eigenvalue weighted by atomic mass is 16.3. The van der Waals surface area contributed by atoms with E-state index in [2.05, 4.69) is 34.1 Å². The van der Waals surface area contributed by atoms with Crippen molar-refractivity contribution in [3.05, 3.63) is 66.0 Å². The molecule has 1 saturated heterocycles. The lowest BCUT2D eigenvalue weighted by Crippen LogP contribution is -2.42. The molecule has 0 spiro atoms. The van der Waals surface area contributed by atoms with Crippen LogP contribution in [0, 0.1) is 0 Å². The van der Waals surface area contributed by atoms with Crippen LogP contribution in [0.5, 0.6) is 0 Å². The van der Waals surface area contributed by atoms with E-state index in [1.165, 1.54) is 5.56 Å². The van der Waals surface area contributed by atoms with Gasteiger partial charge in [-0.3, -0.25) is 9.88 Å². The van der Waals surface area contributed by atoms with Crippen LogP contribution >= 0.6 is 0 Å². The first-order chi connectivity index (χ1) is 9.76. The first kappa shape index (κ1) is 13.3. The lowest BCUT2D eigenvalue weighted by atomic mass is 9.85. The number of hydrogen-bond acceptors (Lipinski definition) is 3. The number of aliphatic hydroxyl groups is 1. The first-order valence-corrected chi connectivity index (χ1v) is 7.15. The molecule has 0 aliphatic carbocycles. The predicted octanol–water partition coefficient (Wildman–Crippen LogP) is 2.57. The van der Waals surface area contributed by atoms with Crippen LogP contribution in [0.3, 0.4) is 0 Å². The molecule has 20 heavy (non-hydrogen) atoms. The van der Waals surface area contributed by atoms with E-state index in [4.69, 9.17) is 0 Å². The number of piperidine rings is 1. The maximum atomic E-state index is 10.8. The fourth-order valence-electron chi connectivity index (χ4n) is 2.85. The van der Waals surface area contributed by atoms with Crippen molar-refractivity contribution in [2.45, 2.75) is 25.0 Å². The number of likely N-dealkylation sites (tertiary alicyclic amines) is 1. The van der Waals surface area contributed by atoms with Gasteiger partial charge in [-0.2, -0.15) is 0 Å². The van der Waals surface area contributed by atoms with Crippen LogP contribution in [0.4, 0.5) is 0 Å². The van der Waals surface area contributed by atoms with Crippen LogP contribution < -0.4 is 0 Å². The van der Waals surface area contributed by atoms with Crippen LogP contribution in [0.2, 0.25) is 0 Å². The van der Waals surface area contributed by atoms with Gasteiger partial charge < -0.3 is 5.11 Å². The lowest BCUT2D eigenvalue weighted by molar-refractivity contribution is -0.0279. The second-order valence-corrected chi connectivity index (χ2v) is 5.54. The Hall–Kier alpha value is -1.71. The summed E-state index contributed by atoms with van der Waals surface area (Å²) in [6, 6.07) is 14.4. The Balaban J connectivity index is 1.62. The Bertz CT molecular complexity index is 533. The minimum atomic E-state index is -0.707. The second-order valence-electron chi connectivity index (χ2n) is 5.54. The molecule has 2 aromatic rings. The zero-order chi connectivity index (χ0) is 13.8. The molecule has 1 aromatic heterocycles. The van der Waals surface area contributed by atoms with Crippen molar-refractivity contribution < 1.29 is 5.11 Å². The van der Waals surface area contributed by atoms with Gasteiger partial charge in [-0.05, 0) is 24.5 Å². The van der Waals surface area contributed by atoms with E-state index in [0.29, 0.717) is 0 Å². The van der Waals surface area contributed by atoms with E-state index < -0.39 is 5.60 Å². The maximum absolute atomic E-state index is 10.8. The van der Waals surface area contributed by atoms with Crippen molar-refractivity contribution >= 4 is 0 Å². The molecule has 0 amide bonds. The number of pyridine rings is 1. The summed E-state index contributed by atoms with van der Waals surface area (Å²) in [7, 11) is 0. The van der Waals surface area contributed by atoms with Crippen LogP contribution in [-0.2, 0) is 12.1 Å². The molecule has 2 heterocycles. The highest BCUT2D eigenvalue weighted by Gasteiger charge is 2.33. The Morgan fingerprint density at radius 2 is 1.80 bits per heavy atom. The first-order valence-electron chi connectivity index (χ1n) is 7.15. The molecule has 3 heteroatoms. The summed E-state index contributed by atoms with van der Waals surface area (Å²) in [5.74, 6) is 0. The zero-order valence-corrected chi connectivity index (χ0v) is 11.6. The van der Waals surface area contributed by atoms with Gasteiger partial charge in [-0.25, -0.2) is 0 Å². The van der Waals surface area contributed by atoms with Crippen molar-refractivity contribution in [3.8, 4) is 0 Å². The van der Waals surface area contributed by atoms with Crippen molar-refractivity contribution in [2.75, 3.05) is 13.1 Å². The monoisotopic (exact) mass is 268 g/mol.